The Morgan fingerprint density at radius 3 is 2.48 bits per heavy atom. The minimum absolute atomic E-state index is 0.0260. The Morgan fingerprint density at radius 2 is 1.81 bits per heavy atom. The van der Waals surface area contributed by atoms with E-state index in [0.717, 1.165) is 30.6 Å². The maximum absolute atomic E-state index is 13.1. The summed E-state index contributed by atoms with van der Waals surface area (Å²) in [5.74, 6) is 1.09. The Kier molecular flexibility index (Phi) is 4.29. The summed E-state index contributed by atoms with van der Waals surface area (Å²) in [7, 11) is 3.26. The Hall–Kier alpha value is -1.95. The third kappa shape index (κ3) is 2.76. The predicted molar refractivity (Wildman–Crippen MR) is 105 cm³/mol. The van der Waals surface area contributed by atoms with E-state index in [1.165, 1.54) is 17.3 Å². The molecule has 27 heavy (non-hydrogen) atoms. The molecule has 0 unspecified atom stereocenters. The number of allylic oxidation sites excluding steroid dienone is 1. The summed E-state index contributed by atoms with van der Waals surface area (Å²) < 4.78 is 10.8. The SMILES string of the molecule is COc1cc2c(cc1OC)[C@@H]1[C@H](C)C(=O)C3=C(CC(C)(C)SC3=O)N1CC2. The number of Topliss-reactive ketones (excluding diaryl/α,β-unsaturated/α-hetero) is 1. The molecule has 0 amide bonds. The van der Waals surface area contributed by atoms with E-state index in [1.807, 2.05) is 19.1 Å². The van der Waals surface area contributed by atoms with E-state index in [2.05, 4.69) is 18.7 Å². The topological polar surface area (TPSA) is 55.8 Å². The van der Waals surface area contributed by atoms with Crippen LogP contribution in [0.15, 0.2) is 23.4 Å². The van der Waals surface area contributed by atoms with Gasteiger partial charge in [-0.15, -0.1) is 0 Å². The van der Waals surface area contributed by atoms with Gasteiger partial charge in [0.15, 0.2) is 17.3 Å². The molecule has 3 aliphatic heterocycles. The number of ether oxygens (including phenoxy) is 2. The van der Waals surface area contributed by atoms with E-state index in [0.29, 0.717) is 17.1 Å². The number of rotatable bonds is 2. The van der Waals surface area contributed by atoms with E-state index in [1.54, 1.807) is 14.2 Å². The van der Waals surface area contributed by atoms with Crippen LogP contribution in [0.3, 0.4) is 0 Å². The molecule has 2 atom stereocenters. The molecule has 4 rings (SSSR count). The summed E-state index contributed by atoms with van der Waals surface area (Å²) in [4.78, 5) is 28.2. The lowest BCUT2D eigenvalue weighted by molar-refractivity contribution is -0.124. The van der Waals surface area contributed by atoms with Gasteiger partial charge in [-0.3, -0.25) is 9.59 Å². The molecule has 0 spiro atoms. The van der Waals surface area contributed by atoms with Crippen molar-refractivity contribution in [1.82, 2.24) is 4.90 Å². The molecular weight excluding hydrogens is 362 g/mol. The molecule has 0 saturated heterocycles. The maximum Gasteiger partial charge on any atom is 0.225 e. The second-order valence-corrected chi connectivity index (χ2v) is 9.77. The number of carbonyl (C=O) groups excluding carboxylic acids is 2. The Bertz CT molecular complexity index is 873. The smallest absolute Gasteiger partial charge is 0.225 e. The molecular formula is C21H25NO4S. The highest BCUT2D eigenvalue weighted by Crippen LogP contribution is 2.51. The summed E-state index contributed by atoms with van der Waals surface area (Å²) >= 11 is 1.29. The number of nitrogens with zero attached hydrogens (tertiary/aromatic N) is 1. The molecule has 1 aromatic rings. The lowest BCUT2D eigenvalue weighted by Gasteiger charge is -2.49. The van der Waals surface area contributed by atoms with Crippen LogP contribution in [0.2, 0.25) is 0 Å². The fourth-order valence-corrected chi connectivity index (χ4v) is 5.66. The number of thioether (sulfide) groups is 1. The monoisotopic (exact) mass is 387 g/mol. The molecule has 3 heterocycles. The number of benzene rings is 1. The predicted octanol–water partition coefficient (Wildman–Crippen LogP) is 3.52. The summed E-state index contributed by atoms with van der Waals surface area (Å²) in [6, 6.07) is 3.97. The summed E-state index contributed by atoms with van der Waals surface area (Å²) in [5.41, 5.74) is 3.65. The number of methoxy groups -OCH3 is 2. The van der Waals surface area contributed by atoms with Crippen LogP contribution < -0.4 is 9.47 Å². The quantitative estimate of drug-likeness (QED) is 0.724. The summed E-state index contributed by atoms with van der Waals surface area (Å²) in [5, 5.41) is -0.0744. The molecule has 144 valence electrons. The van der Waals surface area contributed by atoms with Crippen molar-refractivity contribution in [3.05, 3.63) is 34.5 Å². The van der Waals surface area contributed by atoms with E-state index in [9.17, 15) is 9.59 Å². The van der Waals surface area contributed by atoms with Crippen molar-refractivity contribution in [3.8, 4) is 11.5 Å². The molecule has 3 aliphatic rings. The maximum atomic E-state index is 13.1. The highest BCUT2D eigenvalue weighted by Gasteiger charge is 2.49. The zero-order chi connectivity index (χ0) is 19.5. The number of hydrogen-bond acceptors (Lipinski definition) is 6. The van der Waals surface area contributed by atoms with E-state index in [4.69, 9.17) is 9.47 Å². The fraction of sp³-hybridized carbons (Fsp3) is 0.524. The zero-order valence-corrected chi connectivity index (χ0v) is 17.2. The van der Waals surface area contributed by atoms with Gasteiger partial charge in [-0.1, -0.05) is 18.7 Å². The van der Waals surface area contributed by atoms with Crippen molar-refractivity contribution in [2.24, 2.45) is 5.92 Å². The molecule has 0 radical (unpaired) electrons. The van der Waals surface area contributed by atoms with Crippen LogP contribution in [-0.4, -0.2) is 41.3 Å². The molecule has 0 fully saturated rings. The van der Waals surface area contributed by atoms with Crippen molar-refractivity contribution >= 4 is 22.7 Å². The lowest BCUT2D eigenvalue weighted by atomic mass is 9.76. The van der Waals surface area contributed by atoms with Crippen LogP contribution in [0.25, 0.3) is 0 Å². The van der Waals surface area contributed by atoms with Crippen molar-refractivity contribution in [3.63, 3.8) is 0 Å². The van der Waals surface area contributed by atoms with Crippen molar-refractivity contribution in [2.75, 3.05) is 20.8 Å². The van der Waals surface area contributed by atoms with Gasteiger partial charge in [0.2, 0.25) is 5.12 Å². The molecule has 0 saturated carbocycles. The van der Waals surface area contributed by atoms with Crippen LogP contribution in [0.1, 0.15) is 44.4 Å². The van der Waals surface area contributed by atoms with E-state index < -0.39 is 0 Å². The first-order valence-corrected chi connectivity index (χ1v) is 10.1. The van der Waals surface area contributed by atoms with Crippen LogP contribution in [0.4, 0.5) is 0 Å². The second-order valence-electron chi connectivity index (χ2n) is 8.09. The third-order valence-corrected chi connectivity index (χ3v) is 6.94. The van der Waals surface area contributed by atoms with Gasteiger partial charge in [-0.05, 0) is 43.5 Å². The van der Waals surface area contributed by atoms with Gasteiger partial charge < -0.3 is 14.4 Å². The van der Waals surface area contributed by atoms with Crippen molar-refractivity contribution in [1.29, 1.82) is 0 Å². The molecule has 6 heteroatoms. The standard InChI is InChI=1S/C21H25NO4S/c1-11-18-13-9-16(26-5)15(25-4)8-12(13)6-7-22(18)14-10-21(2,3)27-20(24)17(14)19(11)23/h8-9,11,18H,6-7,10H2,1-5H3/t11-,18-/m0/s1. The highest BCUT2D eigenvalue weighted by atomic mass is 32.2. The number of carbonyl (C=O) groups is 2. The normalized spacial score (nSPS) is 26.3. The van der Waals surface area contributed by atoms with E-state index in [-0.39, 0.29) is 27.6 Å². The minimum atomic E-state index is -0.272. The van der Waals surface area contributed by atoms with Gasteiger partial charge in [0.25, 0.3) is 0 Å². The molecule has 1 aromatic carbocycles. The van der Waals surface area contributed by atoms with Crippen LogP contribution in [0.5, 0.6) is 11.5 Å². The van der Waals surface area contributed by atoms with Gasteiger partial charge in [-0.2, -0.15) is 0 Å². The number of ketones is 1. The van der Waals surface area contributed by atoms with Gasteiger partial charge in [-0.25, -0.2) is 0 Å². The average Bonchev–Trinajstić information content (AvgIpc) is 2.62. The highest BCUT2D eigenvalue weighted by molar-refractivity contribution is 8.15. The molecule has 5 nitrogen and oxygen atoms in total. The van der Waals surface area contributed by atoms with Crippen molar-refractivity contribution in [2.45, 2.75) is 44.4 Å². The molecule has 0 aliphatic carbocycles. The Morgan fingerprint density at radius 1 is 1.15 bits per heavy atom. The van der Waals surface area contributed by atoms with Crippen LogP contribution in [0, 0.1) is 5.92 Å². The summed E-state index contributed by atoms with van der Waals surface area (Å²) in [6.07, 6.45) is 1.59. The average molecular weight is 388 g/mol. The first-order chi connectivity index (χ1) is 12.8. The Labute approximate surface area is 164 Å². The van der Waals surface area contributed by atoms with Crippen molar-refractivity contribution < 1.29 is 19.1 Å². The largest absolute Gasteiger partial charge is 0.493 e. The zero-order valence-electron chi connectivity index (χ0n) is 16.4. The number of hydrogen-bond donors (Lipinski definition) is 0. The molecule has 0 N–H and O–H groups in total. The van der Waals surface area contributed by atoms with Gasteiger partial charge >= 0.3 is 0 Å². The van der Waals surface area contributed by atoms with Gasteiger partial charge in [0.05, 0.1) is 25.8 Å². The Balaban J connectivity index is 1.86. The minimum Gasteiger partial charge on any atom is -0.493 e. The summed E-state index contributed by atoms with van der Waals surface area (Å²) in [6.45, 7) is 6.89. The third-order valence-electron chi connectivity index (χ3n) is 5.86. The number of fused-ring (bicyclic) bond motifs is 4. The first-order valence-electron chi connectivity index (χ1n) is 9.29. The lowest BCUT2D eigenvalue weighted by Crippen LogP contribution is -2.49. The fourth-order valence-electron chi connectivity index (χ4n) is 4.63. The molecule has 0 aromatic heterocycles. The molecule has 0 bridgehead atoms. The van der Waals surface area contributed by atoms with Gasteiger partial charge in [0.1, 0.15) is 0 Å². The van der Waals surface area contributed by atoms with Crippen LogP contribution >= 0.6 is 11.8 Å². The van der Waals surface area contributed by atoms with E-state index >= 15 is 0 Å². The second kappa shape index (κ2) is 6.30. The first kappa shape index (κ1) is 18.4. The van der Waals surface area contributed by atoms with Crippen LogP contribution in [-0.2, 0) is 16.0 Å². The van der Waals surface area contributed by atoms with Gasteiger partial charge in [0, 0.05) is 29.3 Å².